The molecule has 4 aromatic heterocycles. The van der Waals surface area contributed by atoms with Gasteiger partial charge >= 0.3 is 0 Å². The second-order valence-electron chi connectivity index (χ2n) is 7.78. The van der Waals surface area contributed by atoms with Gasteiger partial charge in [-0.05, 0) is 36.4 Å². The number of hydrogen-bond acceptors (Lipinski definition) is 6. The molecule has 7 rings (SSSR count). The molecule has 0 atom stereocenters. The number of pyridine rings is 2. The number of nitrogens with zero attached hydrogens (tertiary/aromatic N) is 4. The van der Waals surface area contributed by atoms with Gasteiger partial charge in [-0.2, -0.15) is 0 Å². The smallest absolute Gasteiger partial charge is 0.143 e. The van der Waals surface area contributed by atoms with Crippen molar-refractivity contribution in [2.45, 2.75) is 0 Å². The molecule has 0 spiro atoms. The molecule has 0 radical (unpaired) electrons. The molecule has 7 aromatic rings. The van der Waals surface area contributed by atoms with Crippen molar-refractivity contribution in [2.75, 3.05) is 10.7 Å². The summed E-state index contributed by atoms with van der Waals surface area (Å²) in [4.78, 5) is 19.6. The first-order chi connectivity index (χ1) is 18.6. The van der Waals surface area contributed by atoms with Gasteiger partial charge in [-0.1, -0.05) is 48.5 Å². The first kappa shape index (κ1) is 27.0. The van der Waals surface area contributed by atoms with E-state index in [2.05, 4.69) is 36.4 Å². The lowest BCUT2D eigenvalue weighted by Gasteiger charge is -2.06. The zero-order chi connectivity index (χ0) is 26.5. The first-order valence-corrected chi connectivity index (χ1v) is 15.1. The molecule has 0 saturated heterocycles. The van der Waals surface area contributed by atoms with E-state index in [9.17, 15) is 0 Å². The Morgan fingerprint density at radius 3 is 1.24 bits per heavy atom. The highest BCUT2D eigenvalue weighted by molar-refractivity contribution is 7.22. The maximum Gasteiger partial charge on any atom is 0.143 e. The van der Waals surface area contributed by atoms with E-state index in [1.807, 2.05) is 48.5 Å². The molecule has 0 aliphatic carbocycles. The van der Waals surface area contributed by atoms with Crippen molar-refractivity contribution in [3.63, 3.8) is 0 Å². The van der Waals surface area contributed by atoms with Crippen LogP contribution in [-0.4, -0.2) is 30.6 Å². The predicted octanol–water partition coefficient (Wildman–Crippen LogP) is 10.2. The van der Waals surface area contributed by atoms with Crippen LogP contribution in [-0.2, 0) is 0 Å². The second kappa shape index (κ2) is 12.5. The summed E-state index contributed by atoms with van der Waals surface area (Å²) in [5.74, 6) is 0. The highest BCUT2D eigenvalue weighted by Crippen LogP contribution is 2.33. The number of para-hydroxylation sites is 2. The van der Waals surface area contributed by atoms with Gasteiger partial charge in [0.1, 0.15) is 10.0 Å². The van der Waals surface area contributed by atoms with Gasteiger partial charge in [0.15, 0.2) is 0 Å². The van der Waals surface area contributed by atoms with E-state index in [0.29, 0.717) is 0 Å². The molecule has 4 heterocycles. The maximum atomic E-state index is 5.01. The van der Waals surface area contributed by atoms with Crippen LogP contribution >= 0.6 is 69.1 Å². The Morgan fingerprint density at radius 1 is 0.474 bits per heavy atom. The second-order valence-corrected chi connectivity index (χ2v) is 11.5. The molecule has 10 heteroatoms. The molecule has 38 heavy (non-hydrogen) atoms. The summed E-state index contributed by atoms with van der Waals surface area (Å²) in [5, 5.41) is 4.37. The first-order valence-electron chi connectivity index (χ1n) is 11.3. The van der Waals surface area contributed by atoms with Crippen LogP contribution in [0.15, 0.2) is 84.9 Å². The van der Waals surface area contributed by atoms with Crippen molar-refractivity contribution < 1.29 is 0 Å². The average molecular weight is 616 g/mol. The van der Waals surface area contributed by atoms with Gasteiger partial charge in [-0.3, -0.25) is 0 Å². The topological polar surface area (TPSA) is 51.6 Å². The molecular formula is C28H18Cl4N4S2. The lowest BCUT2D eigenvalue weighted by Crippen LogP contribution is -1.90. The van der Waals surface area contributed by atoms with Crippen LogP contribution in [0.4, 0.5) is 0 Å². The number of rotatable bonds is 2. The lowest BCUT2D eigenvalue weighted by atomic mass is 10.1. The summed E-state index contributed by atoms with van der Waals surface area (Å²) in [7, 11) is 0. The fourth-order valence-corrected chi connectivity index (χ4v) is 5.84. The van der Waals surface area contributed by atoms with Crippen molar-refractivity contribution in [3.05, 3.63) is 84.9 Å². The minimum atomic E-state index is 0.194. The summed E-state index contributed by atoms with van der Waals surface area (Å²) < 4.78 is 2.33. The number of alkyl halides is 4. The van der Waals surface area contributed by atoms with Crippen molar-refractivity contribution in [1.82, 2.24) is 19.9 Å². The Kier molecular flexibility index (Phi) is 8.89. The molecule has 190 valence electrons. The third-order valence-corrected chi connectivity index (χ3v) is 7.66. The third-order valence-electron chi connectivity index (χ3n) is 5.55. The Morgan fingerprint density at radius 2 is 0.842 bits per heavy atom. The molecule has 0 fully saturated rings. The molecule has 0 saturated carbocycles. The minimum absolute atomic E-state index is 0.194. The van der Waals surface area contributed by atoms with Gasteiger partial charge in [-0.25, -0.2) is 19.9 Å². The van der Waals surface area contributed by atoms with Crippen molar-refractivity contribution in [1.29, 1.82) is 0 Å². The highest BCUT2D eigenvalue weighted by atomic mass is 35.5. The Labute approximate surface area is 246 Å². The van der Waals surface area contributed by atoms with Crippen LogP contribution in [0.3, 0.4) is 0 Å². The summed E-state index contributed by atoms with van der Waals surface area (Å²) in [6, 6.07) is 28.9. The quantitative estimate of drug-likeness (QED) is 0.143. The number of thiazole rings is 2. The molecule has 0 aliphatic rings. The molecular weight excluding hydrogens is 598 g/mol. The van der Waals surface area contributed by atoms with Crippen molar-refractivity contribution in [2.24, 2.45) is 0 Å². The monoisotopic (exact) mass is 614 g/mol. The zero-order valence-electron chi connectivity index (χ0n) is 19.6. The molecule has 4 nitrogen and oxygen atoms in total. The van der Waals surface area contributed by atoms with Gasteiger partial charge < -0.3 is 0 Å². The van der Waals surface area contributed by atoms with Crippen LogP contribution in [0.2, 0.25) is 0 Å². The van der Waals surface area contributed by atoms with E-state index in [4.69, 9.17) is 66.3 Å². The lowest BCUT2D eigenvalue weighted by molar-refractivity contribution is 1.34. The molecule has 3 aromatic carbocycles. The predicted molar refractivity (Wildman–Crippen MR) is 167 cm³/mol. The fourth-order valence-electron chi connectivity index (χ4n) is 3.97. The van der Waals surface area contributed by atoms with E-state index < -0.39 is 0 Å². The zero-order valence-corrected chi connectivity index (χ0v) is 24.3. The van der Waals surface area contributed by atoms with E-state index in [1.165, 1.54) is 9.40 Å². The largest absolute Gasteiger partial charge is 0.243 e. The van der Waals surface area contributed by atoms with Gasteiger partial charge in [0.2, 0.25) is 0 Å². The molecule has 0 unspecified atom stereocenters. The highest BCUT2D eigenvalue weighted by Gasteiger charge is 2.13. The molecule has 0 N–H and O–H groups in total. The summed E-state index contributed by atoms with van der Waals surface area (Å²) in [6.07, 6.45) is 0. The summed E-state index contributed by atoms with van der Waals surface area (Å²) in [5.41, 5.74) is 5.54. The van der Waals surface area contributed by atoms with Gasteiger partial charge in [0.25, 0.3) is 0 Å². The van der Waals surface area contributed by atoms with Gasteiger partial charge in [-0.15, -0.1) is 69.1 Å². The van der Waals surface area contributed by atoms with Crippen molar-refractivity contribution in [3.8, 4) is 21.4 Å². The van der Waals surface area contributed by atoms with Gasteiger partial charge in [0, 0.05) is 10.8 Å². The van der Waals surface area contributed by atoms with Crippen LogP contribution < -0.4 is 0 Å². The van der Waals surface area contributed by atoms with Crippen LogP contribution in [0.1, 0.15) is 0 Å². The maximum absolute atomic E-state index is 5.01. The number of benzene rings is 3. The SMILES string of the molecule is ClCCl.ClCCl.c1ccc2sc(-c3ccc4ccc5ccc(-c6nc7ccccc7s6)nc5c4n3)nc2c1. The van der Waals surface area contributed by atoms with Crippen LogP contribution in [0.25, 0.3) is 63.6 Å². The molecule has 0 aliphatic heterocycles. The van der Waals surface area contributed by atoms with E-state index in [1.54, 1.807) is 22.7 Å². The normalized spacial score (nSPS) is 10.8. The number of halogens is 4. The standard InChI is InChI=1S/C26H14N4S2.2CH2Cl2/c1-3-7-21-17(5-1)29-25(31-21)19-13-11-15-9-10-16-12-14-20(28-24(16)23(15)27-19)26-30-18-6-2-4-8-22(18)32-26;2*2-1-3/h1-14H;2*1H2. The van der Waals surface area contributed by atoms with E-state index in [0.717, 1.165) is 54.2 Å². The Balaban J connectivity index is 0.000000451. The molecule has 0 bridgehead atoms. The van der Waals surface area contributed by atoms with Crippen molar-refractivity contribution >= 4 is 111 Å². The minimum Gasteiger partial charge on any atom is -0.243 e. The fraction of sp³-hybridized carbons (Fsp3) is 0.0714. The average Bonchev–Trinajstić information content (AvgIpc) is 3.58. The molecule has 0 amide bonds. The Hall–Kier alpha value is -2.58. The van der Waals surface area contributed by atoms with E-state index >= 15 is 0 Å². The number of hydrogen-bond donors (Lipinski definition) is 0. The number of aromatic nitrogens is 4. The summed E-state index contributed by atoms with van der Waals surface area (Å²) in [6.45, 7) is 0. The third kappa shape index (κ3) is 5.71. The van der Waals surface area contributed by atoms with Gasteiger partial charge in [0.05, 0.1) is 53.5 Å². The Bertz CT molecular complexity index is 1650. The summed E-state index contributed by atoms with van der Waals surface area (Å²) >= 11 is 22.4. The van der Waals surface area contributed by atoms with Crippen LogP contribution in [0.5, 0.6) is 0 Å². The van der Waals surface area contributed by atoms with Crippen LogP contribution in [0, 0.1) is 0 Å². The van der Waals surface area contributed by atoms with E-state index in [-0.39, 0.29) is 10.7 Å². The number of fused-ring (bicyclic) bond motifs is 5.